The Kier molecular flexibility index (Phi) is 23.8. The van der Waals surface area contributed by atoms with Crippen molar-refractivity contribution in [2.45, 2.75) is 123 Å². The van der Waals surface area contributed by atoms with Crippen LogP contribution in [0.2, 0.25) is 0 Å². The molecule has 0 aliphatic carbocycles. The summed E-state index contributed by atoms with van der Waals surface area (Å²) in [6, 6.07) is 0. The van der Waals surface area contributed by atoms with Crippen LogP contribution in [0, 0.1) is 0 Å². The van der Waals surface area contributed by atoms with E-state index in [0.29, 0.717) is 0 Å². The summed E-state index contributed by atoms with van der Waals surface area (Å²) in [5.74, 6) is -1.38. The summed E-state index contributed by atoms with van der Waals surface area (Å²) < 4.78 is 4.50. The Morgan fingerprint density at radius 1 is 0.731 bits per heavy atom. The second kappa shape index (κ2) is 21.7. The van der Waals surface area contributed by atoms with E-state index >= 15 is 0 Å². The van der Waals surface area contributed by atoms with E-state index in [0.717, 1.165) is 19.3 Å². The number of unbranched alkanes of at least 4 members (excludes halogenated alkanes) is 14. The van der Waals surface area contributed by atoms with Gasteiger partial charge in [-0.2, -0.15) is 0 Å². The van der Waals surface area contributed by atoms with Gasteiger partial charge in [-0.1, -0.05) is 96.8 Å². The predicted octanol–water partition coefficient (Wildman–Crippen LogP) is 5.32. The standard InChI is InChI=1S/C21H40O4.Ca/c1-3-4-5-6-7-8-9-10-11-12-13-14-15-16-17-18-20(23)25-21(24)19(2)22;/h19,22H,3-18H2,1-2H3;. The van der Waals surface area contributed by atoms with Crippen molar-refractivity contribution in [1.29, 1.82) is 0 Å². The summed E-state index contributed by atoms with van der Waals surface area (Å²) >= 11 is 0. The molecule has 1 atom stereocenters. The van der Waals surface area contributed by atoms with Crippen LogP contribution in [0.5, 0.6) is 0 Å². The van der Waals surface area contributed by atoms with Crippen molar-refractivity contribution < 1.29 is 19.4 Å². The molecule has 26 heavy (non-hydrogen) atoms. The molecule has 0 amide bonds. The normalized spacial score (nSPS) is 11.7. The molecule has 0 aromatic heterocycles. The second-order valence-electron chi connectivity index (χ2n) is 7.17. The van der Waals surface area contributed by atoms with Crippen LogP contribution < -0.4 is 0 Å². The summed E-state index contributed by atoms with van der Waals surface area (Å²) in [7, 11) is 0. The molecule has 150 valence electrons. The summed E-state index contributed by atoms with van der Waals surface area (Å²) in [6.45, 7) is 3.55. The molecule has 5 heteroatoms. The summed E-state index contributed by atoms with van der Waals surface area (Å²) in [5.41, 5.74) is 0. The molecule has 0 saturated heterocycles. The fourth-order valence-electron chi connectivity index (χ4n) is 2.89. The Labute approximate surface area is 190 Å². The fraction of sp³-hybridized carbons (Fsp3) is 0.905. The van der Waals surface area contributed by atoms with Crippen LogP contribution in [0.1, 0.15) is 117 Å². The Morgan fingerprint density at radius 3 is 1.42 bits per heavy atom. The number of aliphatic hydroxyl groups excluding tert-OH is 1. The first-order valence-electron chi connectivity index (χ1n) is 10.5. The van der Waals surface area contributed by atoms with Crippen LogP contribution in [0.3, 0.4) is 0 Å². The zero-order valence-corrected chi connectivity index (χ0v) is 19.5. The molecule has 0 saturated carbocycles. The average molecular weight is 397 g/mol. The van der Waals surface area contributed by atoms with Crippen LogP contribution in [0.25, 0.3) is 0 Å². The van der Waals surface area contributed by atoms with Gasteiger partial charge >= 0.3 is 11.9 Å². The average Bonchev–Trinajstić information content (AvgIpc) is 2.58. The van der Waals surface area contributed by atoms with Gasteiger partial charge in [0.1, 0.15) is 6.10 Å². The Bertz CT molecular complexity index is 332. The van der Waals surface area contributed by atoms with E-state index in [2.05, 4.69) is 11.7 Å². The van der Waals surface area contributed by atoms with Gasteiger partial charge in [-0.25, -0.2) is 4.79 Å². The Hall–Kier alpha value is 0.360. The number of hydrogen-bond donors (Lipinski definition) is 1. The number of carbonyl (C=O) groups is 2. The summed E-state index contributed by atoms with van der Waals surface area (Å²) in [4.78, 5) is 22.4. The van der Waals surface area contributed by atoms with Gasteiger partial charge in [0.2, 0.25) is 0 Å². The van der Waals surface area contributed by atoms with Gasteiger partial charge in [0, 0.05) is 44.2 Å². The maximum Gasteiger partial charge on any atom is 0.342 e. The van der Waals surface area contributed by atoms with Crippen LogP contribution >= 0.6 is 0 Å². The van der Waals surface area contributed by atoms with Crippen molar-refractivity contribution >= 4 is 49.7 Å². The van der Waals surface area contributed by atoms with Crippen LogP contribution in [0.15, 0.2) is 0 Å². The van der Waals surface area contributed by atoms with Gasteiger partial charge in [0.05, 0.1) is 0 Å². The number of aliphatic hydroxyl groups is 1. The molecule has 1 N–H and O–H groups in total. The zero-order valence-electron chi connectivity index (χ0n) is 17.3. The minimum absolute atomic E-state index is 0. The third-order valence-corrected chi connectivity index (χ3v) is 4.54. The Balaban J connectivity index is 0. The Morgan fingerprint density at radius 2 is 1.08 bits per heavy atom. The van der Waals surface area contributed by atoms with Crippen molar-refractivity contribution in [3.05, 3.63) is 0 Å². The smallest absolute Gasteiger partial charge is 0.342 e. The predicted molar refractivity (Wildman–Crippen MR) is 108 cm³/mol. The SMILES string of the molecule is CCCCCCCCCCCCCCCCCC(=O)OC(=O)C(C)O.[Ca]. The quantitative estimate of drug-likeness (QED) is 0.156. The van der Waals surface area contributed by atoms with Crippen LogP contribution in [-0.2, 0) is 14.3 Å². The molecular weight excluding hydrogens is 356 g/mol. The minimum atomic E-state index is -1.23. The van der Waals surface area contributed by atoms with Crippen molar-refractivity contribution in [2.75, 3.05) is 0 Å². The first kappa shape index (κ1) is 28.6. The van der Waals surface area contributed by atoms with Gasteiger partial charge in [-0.05, 0) is 13.3 Å². The number of carbonyl (C=O) groups excluding carboxylic acids is 2. The van der Waals surface area contributed by atoms with Crippen molar-refractivity contribution in [3.63, 3.8) is 0 Å². The summed E-state index contributed by atoms with van der Waals surface area (Å²) in [5, 5.41) is 8.95. The molecule has 0 aromatic carbocycles. The van der Waals surface area contributed by atoms with E-state index in [1.54, 1.807) is 0 Å². The topological polar surface area (TPSA) is 63.6 Å². The second-order valence-corrected chi connectivity index (χ2v) is 7.17. The van der Waals surface area contributed by atoms with Gasteiger partial charge in [-0.3, -0.25) is 4.79 Å². The third kappa shape index (κ3) is 20.7. The largest absolute Gasteiger partial charge is 0.391 e. The molecule has 0 bridgehead atoms. The molecule has 1 unspecified atom stereocenters. The van der Waals surface area contributed by atoms with E-state index in [9.17, 15) is 9.59 Å². The molecule has 4 nitrogen and oxygen atoms in total. The van der Waals surface area contributed by atoms with E-state index < -0.39 is 18.0 Å². The van der Waals surface area contributed by atoms with E-state index in [1.807, 2.05) is 0 Å². The van der Waals surface area contributed by atoms with E-state index in [1.165, 1.54) is 84.0 Å². The van der Waals surface area contributed by atoms with Gasteiger partial charge < -0.3 is 9.84 Å². The molecule has 0 aliphatic rings. The molecule has 0 aliphatic heterocycles. The first-order chi connectivity index (χ1) is 12.1. The minimum Gasteiger partial charge on any atom is -0.391 e. The molecular formula is C21H40CaO4. The maximum atomic E-state index is 11.3. The molecule has 0 fully saturated rings. The number of rotatable bonds is 17. The molecule has 0 spiro atoms. The fourth-order valence-corrected chi connectivity index (χ4v) is 2.89. The molecule has 2 radical (unpaired) electrons. The first-order valence-corrected chi connectivity index (χ1v) is 10.5. The zero-order chi connectivity index (χ0) is 18.8. The molecule has 0 aromatic rings. The molecule has 0 rings (SSSR count). The number of esters is 2. The van der Waals surface area contributed by atoms with E-state index in [-0.39, 0.29) is 44.2 Å². The van der Waals surface area contributed by atoms with Gasteiger partial charge in [0.25, 0.3) is 0 Å². The molecule has 0 heterocycles. The van der Waals surface area contributed by atoms with Gasteiger partial charge in [0.15, 0.2) is 0 Å². The third-order valence-electron chi connectivity index (χ3n) is 4.54. The van der Waals surface area contributed by atoms with Crippen LogP contribution in [-0.4, -0.2) is 60.9 Å². The van der Waals surface area contributed by atoms with Crippen LogP contribution in [0.4, 0.5) is 0 Å². The van der Waals surface area contributed by atoms with Crippen molar-refractivity contribution in [3.8, 4) is 0 Å². The summed E-state index contributed by atoms with van der Waals surface area (Å²) in [6.07, 6.45) is 18.2. The number of ether oxygens (including phenoxy) is 1. The number of hydrogen-bond acceptors (Lipinski definition) is 4. The van der Waals surface area contributed by atoms with Crippen molar-refractivity contribution in [2.24, 2.45) is 0 Å². The van der Waals surface area contributed by atoms with E-state index in [4.69, 9.17) is 5.11 Å². The maximum absolute atomic E-state index is 11.3. The van der Waals surface area contributed by atoms with Gasteiger partial charge in [-0.15, -0.1) is 0 Å². The monoisotopic (exact) mass is 396 g/mol. The van der Waals surface area contributed by atoms with Crippen molar-refractivity contribution in [1.82, 2.24) is 0 Å².